The van der Waals surface area contributed by atoms with E-state index in [-0.39, 0.29) is 11.4 Å². The summed E-state index contributed by atoms with van der Waals surface area (Å²) in [5.74, 6) is -0.449. The summed E-state index contributed by atoms with van der Waals surface area (Å²) in [5.41, 5.74) is 4.37. The van der Waals surface area contributed by atoms with E-state index in [0.717, 1.165) is 10.9 Å². The van der Waals surface area contributed by atoms with Gasteiger partial charge in [-0.1, -0.05) is 36.4 Å². The molecule has 0 atom stereocenters. The summed E-state index contributed by atoms with van der Waals surface area (Å²) in [6.07, 6.45) is 0. The maximum atomic E-state index is 12.2. The topological polar surface area (TPSA) is 97.5 Å². The van der Waals surface area contributed by atoms with Crippen LogP contribution in [0.25, 0.3) is 10.9 Å². The highest BCUT2D eigenvalue weighted by Gasteiger charge is 2.10. The molecular weight excluding hydrogens is 320 g/mol. The zero-order valence-electron chi connectivity index (χ0n) is 13.3. The van der Waals surface area contributed by atoms with Crippen LogP contribution in [0, 0.1) is 10.1 Å². The maximum absolute atomic E-state index is 12.2. The molecule has 0 spiro atoms. The van der Waals surface area contributed by atoms with E-state index in [2.05, 4.69) is 15.5 Å². The number of aromatic nitrogens is 1. The van der Waals surface area contributed by atoms with Gasteiger partial charge in [0.15, 0.2) is 0 Å². The number of non-ortho nitro benzene ring substituents is 1. The van der Waals surface area contributed by atoms with Gasteiger partial charge < -0.3 is 0 Å². The van der Waals surface area contributed by atoms with Crippen molar-refractivity contribution in [3.05, 3.63) is 82.0 Å². The van der Waals surface area contributed by atoms with E-state index in [4.69, 9.17) is 0 Å². The van der Waals surface area contributed by atoms with E-state index in [1.807, 2.05) is 30.3 Å². The van der Waals surface area contributed by atoms with Crippen LogP contribution < -0.4 is 5.43 Å². The quantitative estimate of drug-likeness (QED) is 0.449. The lowest BCUT2D eigenvalue weighted by Crippen LogP contribution is -2.20. The summed E-state index contributed by atoms with van der Waals surface area (Å²) in [6.45, 7) is 1.66. The van der Waals surface area contributed by atoms with Crippen LogP contribution in [-0.2, 0) is 0 Å². The molecule has 1 aromatic heterocycles. The van der Waals surface area contributed by atoms with E-state index in [0.29, 0.717) is 11.3 Å². The fourth-order valence-corrected chi connectivity index (χ4v) is 2.29. The SMILES string of the molecule is C/C(=N\NC(=O)c1ccc2ccccc2n1)c1cccc([N+](=O)[O-])c1. The average Bonchev–Trinajstić information content (AvgIpc) is 2.65. The van der Waals surface area contributed by atoms with Gasteiger partial charge in [-0.2, -0.15) is 5.10 Å². The predicted molar refractivity (Wildman–Crippen MR) is 94.5 cm³/mol. The minimum Gasteiger partial charge on any atom is -0.266 e. The molecule has 0 fully saturated rings. The first-order valence-corrected chi connectivity index (χ1v) is 7.50. The molecule has 25 heavy (non-hydrogen) atoms. The molecule has 0 bridgehead atoms. The van der Waals surface area contributed by atoms with Crippen LogP contribution in [0.2, 0.25) is 0 Å². The van der Waals surface area contributed by atoms with Crippen molar-refractivity contribution in [1.82, 2.24) is 10.4 Å². The number of hydrogen-bond acceptors (Lipinski definition) is 5. The number of carbonyl (C=O) groups excluding carboxylic acids is 1. The molecule has 0 radical (unpaired) electrons. The highest BCUT2D eigenvalue weighted by atomic mass is 16.6. The summed E-state index contributed by atoms with van der Waals surface area (Å²) < 4.78 is 0. The molecule has 3 aromatic rings. The molecule has 0 aliphatic rings. The number of hydrogen-bond donors (Lipinski definition) is 1. The van der Waals surface area contributed by atoms with Gasteiger partial charge in [0.1, 0.15) is 5.69 Å². The normalized spacial score (nSPS) is 11.3. The number of hydrazone groups is 1. The first-order chi connectivity index (χ1) is 12.0. The zero-order valence-corrected chi connectivity index (χ0v) is 13.3. The van der Waals surface area contributed by atoms with E-state index >= 15 is 0 Å². The third-order valence-electron chi connectivity index (χ3n) is 3.63. The Balaban J connectivity index is 1.78. The number of pyridine rings is 1. The molecule has 0 saturated carbocycles. The molecule has 0 aliphatic heterocycles. The van der Waals surface area contributed by atoms with Crippen molar-refractivity contribution in [2.24, 2.45) is 5.10 Å². The first kappa shape index (κ1) is 16.3. The Bertz CT molecular complexity index is 998. The fraction of sp³-hybridized carbons (Fsp3) is 0.0556. The number of nitro groups is 1. The minimum atomic E-state index is -0.478. The number of para-hydroxylation sites is 1. The summed E-state index contributed by atoms with van der Waals surface area (Å²) in [7, 11) is 0. The second-order valence-electron chi connectivity index (χ2n) is 5.33. The number of fused-ring (bicyclic) bond motifs is 1. The predicted octanol–water partition coefficient (Wildman–Crippen LogP) is 3.30. The Kier molecular flexibility index (Phi) is 4.47. The molecule has 3 rings (SSSR count). The standard InChI is InChI=1S/C18H14N4O3/c1-12(14-6-4-7-15(11-14)22(24)25)20-21-18(23)17-10-9-13-5-2-3-8-16(13)19-17/h2-11H,1H3,(H,21,23)/b20-12+. The minimum absolute atomic E-state index is 0.0328. The van der Waals surface area contributed by atoms with Gasteiger partial charge in [-0.15, -0.1) is 0 Å². The van der Waals surface area contributed by atoms with E-state index < -0.39 is 10.8 Å². The molecule has 7 heteroatoms. The second-order valence-corrected chi connectivity index (χ2v) is 5.33. The van der Waals surface area contributed by atoms with Crippen molar-refractivity contribution in [3.63, 3.8) is 0 Å². The van der Waals surface area contributed by atoms with Crippen LogP contribution in [0.5, 0.6) is 0 Å². The zero-order chi connectivity index (χ0) is 17.8. The largest absolute Gasteiger partial charge is 0.289 e. The van der Waals surface area contributed by atoms with Gasteiger partial charge >= 0.3 is 0 Å². The average molecular weight is 334 g/mol. The Morgan fingerprint density at radius 1 is 1.12 bits per heavy atom. The first-order valence-electron chi connectivity index (χ1n) is 7.50. The van der Waals surface area contributed by atoms with Crippen LogP contribution in [0.3, 0.4) is 0 Å². The molecule has 1 heterocycles. The molecule has 0 unspecified atom stereocenters. The van der Waals surface area contributed by atoms with Crippen molar-refractivity contribution in [3.8, 4) is 0 Å². The molecule has 1 N–H and O–H groups in total. The molecule has 1 amide bonds. The Morgan fingerprint density at radius 3 is 2.72 bits per heavy atom. The summed E-state index contributed by atoms with van der Waals surface area (Å²) >= 11 is 0. The molecule has 0 saturated heterocycles. The molecule has 7 nitrogen and oxygen atoms in total. The summed E-state index contributed by atoms with van der Waals surface area (Å²) in [6, 6.07) is 17.0. The van der Waals surface area contributed by atoms with Crippen LogP contribution in [0.1, 0.15) is 23.0 Å². The fourth-order valence-electron chi connectivity index (χ4n) is 2.29. The van der Waals surface area contributed by atoms with Crippen molar-refractivity contribution < 1.29 is 9.72 Å². The van der Waals surface area contributed by atoms with Crippen LogP contribution >= 0.6 is 0 Å². The van der Waals surface area contributed by atoms with Gasteiger partial charge in [0.05, 0.1) is 16.2 Å². The van der Waals surface area contributed by atoms with Crippen molar-refractivity contribution >= 4 is 28.2 Å². The number of rotatable bonds is 4. The van der Waals surface area contributed by atoms with E-state index in [1.54, 1.807) is 25.1 Å². The lowest BCUT2D eigenvalue weighted by Gasteiger charge is -2.04. The number of nitro benzene ring substituents is 1. The molecule has 124 valence electrons. The van der Waals surface area contributed by atoms with Crippen LogP contribution in [0.4, 0.5) is 5.69 Å². The Morgan fingerprint density at radius 2 is 1.92 bits per heavy atom. The van der Waals surface area contributed by atoms with Gasteiger partial charge in [-0.25, -0.2) is 10.4 Å². The maximum Gasteiger partial charge on any atom is 0.289 e. The number of nitrogens with zero attached hydrogens (tertiary/aromatic N) is 3. The Labute approximate surface area is 143 Å². The third-order valence-corrected chi connectivity index (χ3v) is 3.63. The van der Waals surface area contributed by atoms with Gasteiger partial charge in [0, 0.05) is 23.1 Å². The lowest BCUT2D eigenvalue weighted by atomic mass is 10.1. The van der Waals surface area contributed by atoms with Crippen LogP contribution in [-0.4, -0.2) is 21.5 Å². The smallest absolute Gasteiger partial charge is 0.266 e. The number of nitrogens with one attached hydrogen (secondary N) is 1. The van der Waals surface area contributed by atoms with Gasteiger partial charge in [0.25, 0.3) is 11.6 Å². The lowest BCUT2D eigenvalue weighted by molar-refractivity contribution is -0.384. The van der Waals surface area contributed by atoms with Crippen molar-refractivity contribution in [1.29, 1.82) is 0 Å². The van der Waals surface area contributed by atoms with E-state index in [1.165, 1.54) is 12.1 Å². The summed E-state index contributed by atoms with van der Waals surface area (Å²) in [4.78, 5) is 26.8. The van der Waals surface area contributed by atoms with Crippen LogP contribution in [0.15, 0.2) is 65.8 Å². The van der Waals surface area contributed by atoms with Gasteiger partial charge in [-0.05, 0) is 19.1 Å². The molecule has 0 aliphatic carbocycles. The molecule has 2 aromatic carbocycles. The Hall–Kier alpha value is -3.61. The number of amides is 1. The second kappa shape index (κ2) is 6.88. The molecular formula is C18H14N4O3. The highest BCUT2D eigenvalue weighted by Crippen LogP contribution is 2.14. The van der Waals surface area contributed by atoms with Gasteiger partial charge in [0.2, 0.25) is 0 Å². The number of carbonyl (C=O) groups is 1. The number of benzene rings is 2. The summed E-state index contributed by atoms with van der Waals surface area (Å²) in [5, 5.41) is 15.8. The third kappa shape index (κ3) is 3.66. The highest BCUT2D eigenvalue weighted by molar-refractivity contribution is 6.01. The van der Waals surface area contributed by atoms with Gasteiger partial charge in [-0.3, -0.25) is 14.9 Å². The van der Waals surface area contributed by atoms with Crippen molar-refractivity contribution in [2.45, 2.75) is 6.92 Å². The monoisotopic (exact) mass is 334 g/mol. The van der Waals surface area contributed by atoms with E-state index in [9.17, 15) is 14.9 Å². The van der Waals surface area contributed by atoms with Crippen molar-refractivity contribution in [2.75, 3.05) is 0 Å².